The monoisotopic (exact) mass is 352 g/mol. The van der Waals surface area contributed by atoms with Crippen molar-refractivity contribution in [3.05, 3.63) is 77.3 Å². The molecule has 0 atom stereocenters. The molecule has 126 valence electrons. The highest BCUT2D eigenvalue weighted by Gasteiger charge is 2.10. The van der Waals surface area contributed by atoms with Crippen LogP contribution in [-0.2, 0) is 4.79 Å². The lowest BCUT2D eigenvalue weighted by molar-refractivity contribution is -0.116. The smallest absolute Gasteiger partial charge is 0.252 e. The SMILES string of the molecule is O=C(CCNC(=O)c1ccccc1Cl)Nc1ccc2ccccc2c1. The van der Waals surface area contributed by atoms with Gasteiger partial charge in [-0.1, -0.05) is 54.1 Å². The topological polar surface area (TPSA) is 58.2 Å². The predicted octanol–water partition coefficient (Wildman–Crippen LogP) is 4.25. The molecule has 0 unspecified atom stereocenters. The van der Waals surface area contributed by atoms with E-state index < -0.39 is 0 Å². The number of benzene rings is 3. The second-order valence-corrected chi connectivity index (χ2v) is 6.00. The molecule has 3 rings (SSSR count). The number of carbonyl (C=O) groups is 2. The number of rotatable bonds is 5. The van der Waals surface area contributed by atoms with Crippen molar-refractivity contribution in [1.29, 1.82) is 0 Å². The van der Waals surface area contributed by atoms with Crippen LogP contribution in [0.25, 0.3) is 10.8 Å². The summed E-state index contributed by atoms with van der Waals surface area (Å²) in [6.45, 7) is 0.240. The Morgan fingerprint density at radius 3 is 2.40 bits per heavy atom. The van der Waals surface area contributed by atoms with Crippen LogP contribution >= 0.6 is 11.6 Å². The molecule has 0 aromatic heterocycles. The summed E-state index contributed by atoms with van der Waals surface area (Å²) >= 11 is 5.98. The maximum Gasteiger partial charge on any atom is 0.252 e. The van der Waals surface area contributed by atoms with Crippen molar-refractivity contribution in [2.75, 3.05) is 11.9 Å². The van der Waals surface area contributed by atoms with E-state index >= 15 is 0 Å². The number of halogens is 1. The van der Waals surface area contributed by atoms with E-state index in [1.165, 1.54) is 0 Å². The van der Waals surface area contributed by atoms with Crippen LogP contribution in [0, 0.1) is 0 Å². The number of fused-ring (bicyclic) bond motifs is 1. The van der Waals surface area contributed by atoms with E-state index in [-0.39, 0.29) is 24.8 Å². The first-order valence-corrected chi connectivity index (χ1v) is 8.33. The Hall–Kier alpha value is -2.85. The van der Waals surface area contributed by atoms with Gasteiger partial charge in [-0.15, -0.1) is 0 Å². The summed E-state index contributed by atoms with van der Waals surface area (Å²) in [5, 5.41) is 8.11. The average Bonchev–Trinajstić information content (AvgIpc) is 2.62. The van der Waals surface area contributed by atoms with Gasteiger partial charge in [0, 0.05) is 18.7 Å². The first kappa shape index (κ1) is 17.0. The molecule has 0 heterocycles. The fourth-order valence-electron chi connectivity index (χ4n) is 2.52. The molecule has 0 aliphatic carbocycles. The van der Waals surface area contributed by atoms with Crippen LogP contribution in [0.2, 0.25) is 5.02 Å². The summed E-state index contributed by atoms with van der Waals surface area (Å²) in [6, 6.07) is 20.5. The molecule has 0 fully saturated rings. The Morgan fingerprint density at radius 1 is 0.880 bits per heavy atom. The lowest BCUT2D eigenvalue weighted by atomic mass is 10.1. The van der Waals surface area contributed by atoms with E-state index in [9.17, 15) is 9.59 Å². The lowest BCUT2D eigenvalue weighted by Gasteiger charge is -2.08. The summed E-state index contributed by atoms with van der Waals surface area (Å²) in [4.78, 5) is 24.1. The molecule has 0 saturated carbocycles. The highest BCUT2D eigenvalue weighted by Crippen LogP contribution is 2.19. The Bertz CT molecular complexity index is 924. The normalized spacial score (nSPS) is 10.4. The van der Waals surface area contributed by atoms with Gasteiger partial charge in [-0.3, -0.25) is 9.59 Å². The maximum atomic E-state index is 12.0. The molecule has 2 amide bonds. The van der Waals surface area contributed by atoms with Crippen molar-refractivity contribution >= 4 is 39.9 Å². The molecule has 0 spiro atoms. The second-order valence-electron chi connectivity index (χ2n) is 5.60. The molecule has 3 aromatic rings. The van der Waals surface area contributed by atoms with Gasteiger partial charge in [-0.2, -0.15) is 0 Å². The van der Waals surface area contributed by atoms with Crippen molar-refractivity contribution in [2.24, 2.45) is 0 Å². The molecular formula is C20H17ClN2O2. The molecule has 4 nitrogen and oxygen atoms in total. The van der Waals surface area contributed by atoms with Crippen LogP contribution in [0.15, 0.2) is 66.7 Å². The van der Waals surface area contributed by atoms with Crippen molar-refractivity contribution < 1.29 is 9.59 Å². The van der Waals surface area contributed by atoms with E-state index in [0.29, 0.717) is 10.6 Å². The summed E-state index contributed by atoms with van der Waals surface area (Å²) in [6.07, 6.45) is 0.184. The van der Waals surface area contributed by atoms with Gasteiger partial charge in [0.25, 0.3) is 5.91 Å². The number of hydrogen-bond acceptors (Lipinski definition) is 2. The molecule has 25 heavy (non-hydrogen) atoms. The first-order valence-electron chi connectivity index (χ1n) is 7.95. The van der Waals surface area contributed by atoms with Crippen molar-refractivity contribution in [3.8, 4) is 0 Å². The standard InChI is InChI=1S/C20H17ClN2O2/c21-18-8-4-3-7-17(18)20(25)22-12-11-19(24)23-16-10-9-14-5-1-2-6-15(14)13-16/h1-10,13H,11-12H2,(H,22,25)(H,23,24). The zero-order valence-electron chi connectivity index (χ0n) is 13.5. The minimum atomic E-state index is -0.288. The second kappa shape index (κ2) is 7.81. The zero-order valence-corrected chi connectivity index (χ0v) is 14.2. The fourth-order valence-corrected chi connectivity index (χ4v) is 2.74. The number of anilines is 1. The van der Waals surface area contributed by atoms with E-state index in [1.54, 1.807) is 24.3 Å². The van der Waals surface area contributed by atoms with Gasteiger partial charge in [0.1, 0.15) is 0 Å². The Kier molecular flexibility index (Phi) is 5.31. The van der Waals surface area contributed by atoms with Crippen molar-refractivity contribution in [2.45, 2.75) is 6.42 Å². The first-order chi connectivity index (χ1) is 12.1. The molecule has 0 bridgehead atoms. The minimum Gasteiger partial charge on any atom is -0.351 e. The third kappa shape index (κ3) is 4.37. The van der Waals surface area contributed by atoms with E-state index in [0.717, 1.165) is 16.5 Å². The van der Waals surface area contributed by atoms with E-state index in [2.05, 4.69) is 10.6 Å². The van der Waals surface area contributed by atoms with E-state index in [4.69, 9.17) is 11.6 Å². The Balaban J connectivity index is 1.52. The lowest BCUT2D eigenvalue weighted by Crippen LogP contribution is -2.27. The van der Waals surface area contributed by atoms with Crippen LogP contribution in [0.5, 0.6) is 0 Å². The van der Waals surface area contributed by atoms with Gasteiger partial charge in [-0.05, 0) is 35.0 Å². The zero-order chi connectivity index (χ0) is 17.6. The number of nitrogens with one attached hydrogen (secondary N) is 2. The minimum absolute atomic E-state index is 0.158. The van der Waals surface area contributed by atoms with Crippen molar-refractivity contribution in [1.82, 2.24) is 5.32 Å². The Labute approximate surface area is 150 Å². The highest BCUT2D eigenvalue weighted by atomic mass is 35.5. The molecule has 0 radical (unpaired) electrons. The molecule has 0 aliphatic heterocycles. The van der Waals surface area contributed by atoms with Crippen molar-refractivity contribution in [3.63, 3.8) is 0 Å². The third-order valence-electron chi connectivity index (χ3n) is 3.79. The largest absolute Gasteiger partial charge is 0.351 e. The Morgan fingerprint density at radius 2 is 1.60 bits per heavy atom. The van der Waals surface area contributed by atoms with Gasteiger partial charge in [-0.25, -0.2) is 0 Å². The molecule has 3 aromatic carbocycles. The quantitative estimate of drug-likeness (QED) is 0.721. The summed E-state index contributed by atoms with van der Waals surface area (Å²) in [7, 11) is 0. The van der Waals surface area contributed by atoms with Gasteiger partial charge in [0.05, 0.1) is 10.6 Å². The summed E-state index contributed by atoms with van der Waals surface area (Å²) < 4.78 is 0. The average molecular weight is 353 g/mol. The summed E-state index contributed by atoms with van der Waals surface area (Å²) in [5.41, 5.74) is 1.14. The van der Waals surface area contributed by atoms with Gasteiger partial charge >= 0.3 is 0 Å². The molecule has 2 N–H and O–H groups in total. The van der Waals surface area contributed by atoms with Crippen LogP contribution in [0.1, 0.15) is 16.8 Å². The fraction of sp³-hybridized carbons (Fsp3) is 0.100. The molecule has 0 saturated heterocycles. The van der Waals surface area contributed by atoms with Crippen LogP contribution in [-0.4, -0.2) is 18.4 Å². The number of amides is 2. The van der Waals surface area contributed by atoms with Gasteiger partial charge < -0.3 is 10.6 Å². The highest BCUT2D eigenvalue weighted by molar-refractivity contribution is 6.33. The third-order valence-corrected chi connectivity index (χ3v) is 4.12. The molecular weight excluding hydrogens is 336 g/mol. The molecule has 0 aliphatic rings. The number of carbonyl (C=O) groups excluding carboxylic acids is 2. The van der Waals surface area contributed by atoms with Gasteiger partial charge in [0.2, 0.25) is 5.91 Å². The maximum absolute atomic E-state index is 12.0. The van der Waals surface area contributed by atoms with Crippen LogP contribution in [0.4, 0.5) is 5.69 Å². The van der Waals surface area contributed by atoms with Crippen LogP contribution in [0.3, 0.4) is 0 Å². The van der Waals surface area contributed by atoms with E-state index in [1.807, 2.05) is 42.5 Å². The van der Waals surface area contributed by atoms with Crippen LogP contribution < -0.4 is 10.6 Å². The summed E-state index contributed by atoms with van der Waals surface area (Å²) in [5.74, 6) is -0.446. The van der Waals surface area contributed by atoms with Gasteiger partial charge in [0.15, 0.2) is 0 Å². The number of hydrogen-bond donors (Lipinski definition) is 2. The predicted molar refractivity (Wildman–Crippen MR) is 101 cm³/mol. The molecule has 5 heteroatoms.